The molecule has 0 bridgehead atoms. The molecule has 166 valence electrons. The van der Waals surface area contributed by atoms with Crippen LogP contribution in [0.5, 0.6) is 0 Å². The van der Waals surface area contributed by atoms with Crippen LogP contribution in [0, 0.1) is 19.7 Å². The SMILES string of the molecule is Cc1[nH]c(/C=C/C(=O)c2ccc(C(F)(F)F)c(F)c2)c(C)c1C(=O)N1CCN(C)CC1. The molecule has 1 aliphatic rings. The molecule has 0 saturated carbocycles. The number of hydrogen-bond acceptors (Lipinski definition) is 3. The van der Waals surface area contributed by atoms with E-state index in [0.29, 0.717) is 47.7 Å². The van der Waals surface area contributed by atoms with Crippen molar-refractivity contribution in [2.75, 3.05) is 33.2 Å². The van der Waals surface area contributed by atoms with E-state index < -0.39 is 23.3 Å². The van der Waals surface area contributed by atoms with Crippen molar-refractivity contribution in [2.24, 2.45) is 0 Å². The van der Waals surface area contributed by atoms with Gasteiger partial charge in [0.25, 0.3) is 5.91 Å². The van der Waals surface area contributed by atoms with Crippen molar-refractivity contribution in [1.29, 1.82) is 0 Å². The Morgan fingerprint density at radius 1 is 1.10 bits per heavy atom. The summed E-state index contributed by atoms with van der Waals surface area (Å²) in [5.74, 6) is -2.24. The van der Waals surface area contributed by atoms with Gasteiger partial charge in [-0.3, -0.25) is 9.59 Å². The summed E-state index contributed by atoms with van der Waals surface area (Å²) in [6, 6.07) is 2.06. The number of aromatic nitrogens is 1. The number of benzene rings is 1. The Labute approximate surface area is 177 Å². The number of amides is 1. The van der Waals surface area contributed by atoms with Crippen molar-refractivity contribution in [3.63, 3.8) is 0 Å². The molecule has 1 saturated heterocycles. The molecule has 1 aromatic carbocycles. The lowest BCUT2D eigenvalue weighted by Gasteiger charge is -2.32. The molecule has 1 N–H and O–H groups in total. The summed E-state index contributed by atoms with van der Waals surface area (Å²) in [7, 11) is 2.00. The minimum atomic E-state index is -4.83. The maximum absolute atomic E-state index is 13.7. The average Bonchev–Trinajstić information content (AvgIpc) is 2.98. The predicted octanol–water partition coefficient (Wildman–Crippen LogP) is 4.07. The predicted molar refractivity (Wildman–Crippen MR) is 108 cm³/mol. The number of rotatable bonds is 4. The second kappa shape index (κ2) is 8.66. The minimum Gasteiger partial charge on any atom is -0.358 e. The molecule has 0 atom stereocenters. The van der Waals surface area contributed by atoms with Gasteiger partial charge in [0.05, 0.1) is 11.1 Å². The largest absolute Gasteiger partial charge is 0.419 e. The van der Waals surface area contributed by atoms with E-state index in [0.717, 1.165) is 25.2 Å². The van der Waals surface area contributed by atoms with Crippen LogP contribution >= 0.6 is 0 Å². The molecule has 0 aliphatic carbocycles. The lowest BCUT2D eigenvalue weighted by atomic mass is 10.1. The van der Waals surface area contributed by atoms with Crippen molar-refractivity contribution >= 4 is 17.8 Å². The zero-order chi connectivity index (χ0) is 22.9. The number of H-pyrrole nitrogens is 1. The number of alkyl halides is 3. The van der Waals surface area contributed by atoms with Crippen molar-refractivity contribution in [3.8, 4) is 0 Å². The molecule has 1 fully saturated rings. The first kappa shape index (κ1) is 22.7. The Hall–Kier alpha value is -2.94. The van der Waals surface area contributed by atoms with Gasteiger partial charge in [0.1, 0.15) is 5.82 Å². The quantitative estimate of drug-likeness (QED) is 0.446. The lowest BCUT2D eigenvalue weighted by molar-refractivity contribution is -0.140. The molecule has 31 heavy (non-hydrogen) atoms. The number of nitrogens with one attached hydrogen (secondary N) is 1. The second-order valence-electron chi connectivity index (χ2n) is 7.65. The average molecular weight is 437 g/mol. The van der Waals surface area contributed by atoms with Crippen LogP contribution in [-0.2, 0) is 6.18 Å². The Kier molecular flexibility index (Phi) is 6.35. The normalized spacial score (nSPS) is 15.6. The second-order valence-corrected chi connectivity index (χ2v) is 7.65. The summed E-state index contributed by atoms with van der Waals surface area (Å²) in [6.45, 7) is 6.36. The number of ketones is 1. The van der Waals surface area contributed by atoms with Gasteiger partial charge < -0.3 is 14.8 Å². The minimum absolute atomic E-state index is 0.0878. The van der Waals surface area contributed by atoms with Crippen LogP contribution in [0.3, 0.4) is 0 Å². The summed E-state index contributed by atoms with van der Waals surface area (Å²) in [5.41, 5.74) is 0.790. The smallest absolute Gasteiger partial charge is 0.358 e. The number of hydrogen-bond donors (Lipinski definition) is 1. The van der Waals surface area contributed by atoms with E-state index in [1.54, 1.807) is 18.7 Å². The Morgan fingerprint density at radius 3 is 2.32 bits per heavy atom. The number of halogens is 4. The van der Waals surface area contributed by atoms with Crippen LogP contribution in [-0.4, -0.2) is 59.7 Å². The zero-order valence-corrected chi connectivity index (χ0v) is 17.4. The van der Waals surface area contributed by atoms with Crippen LogP contribution in [0.2, 0.25) is 0 Å². The van der Waals surface area contributed by atoms with Gasteiger partial charge in [0, 0.05) is 43.1 Å². The third-order valence-corrected chi connectivity index (χ3v) is 5.44. The molecular weight excluding hydrogens is 414 g/mol. The fourth-order valence-electron chi connectivity index (χ4n) is 3.58. The summed E-state index contributed by atoms with van der Waals surface area (Å²) >= 11 is 0. The molecule has 0 unspecified atom stereocenters. The van der Waals surface area contributed by atoms with Crippen LogP contribution in [0.15, 0.2) is 24.3 Å². The summed E-state index contributed by atoms with van der Waals surface area (Å²) < 4.78 is 51.8. The molecule has 1 aliphatic heterocycles. The highest BCUT2D eigenvalue weighted by Crippen LogP contribution is 2.31. The molecule has 2 aromatic rings. The number of nitrogens with zero attached hydrogens (tertiary/aromatic N) is 2. The highest BCUT2D eigenvalue weighted by molar-refractivity contribution is 6.07. The standard InChI is InChI=1S/C22H23F4N3O2/c1-13-18(27-14(2)20(13)21(31)29-10-8-28(3)9-11-29)6-7-19(30)15-4-5-16(17(23)12-15)22(24,25)26/h4-7,12,27H,8-11H2,1-3H3/b7-6+. The van der Waals surface area contributed by atoms with E-state index in [1.807, 2.05) is 7.05 Å². The number of aryl methyl sites for hydroxylation is 1. The Morgan fingerprint density at radius 2 is 1.74 bits per heavy atom. The molecule has 0 spiro atoms. The Balaban J connectivity index is 1.79. The van der Waals surface area contributed by atoms with Gasteiger partial charge >= 0.3 is 6.18 Å². The van der Waals surface area contributed by atoms with Gasteiger partial charge in [-0.05, 0) is 50.7 Å². The monoisotopic (exact) mass is 437 g/mol. The molecule has 1 amide bonds. The summed E-state index contributed by atoms with van der Waals surface area (Å²) in [5, 5.41) is 0. The zero-order valence-electron chi connectivity index (χ0n) is 17.4. The molecular formula is C22H23F4N3O2. The fourth-order valence-corrected chi connectivity index (χ4v) is 3.58. The number of allylic oxidation sites excluding steroid dienone is 1. The molecule has 2 heterocycles. The van der Waals surface area contributed by atoms with Gasteiger partial charge in [0.15, 0.2) is 5.78 Å². The number of likely N-dealkylation sites (N-methyl/N-ethyl adjacent to an activating group) is 1. The lowest BCUT2D eigenvalue weighted by Crippen LogP contribution is -2.47. The van der Waals surface area contributed by atoms with E-state index in [9.17, 15) is 27.2 Å². The van der Waals surface area contributed by atoms with E-state index in [-0.39, 0.29) is 11.5 Å². The topological polar surface area (TPSA) is 56.4 Å². The summed E-state index contributed by atoms with van der Waals surface area (Å²) in [6.07, 6.45) is -2.24. The molecule has 3 rings (SSSR count). The van der Waals surface area contributed by atoms with Crippen molar-refractivity contribution in [1.82, 2.24) is 14.8 Å². The molecule has 0 radical (unpaired) electrons. The highest BCUT2D eigenvalue weighted by atomic mass is 19.4. The third-order valence-electron chi connectivity index (χ3n) is 5.44. The highest BCUT2D eigenvalue weighted by Gasteiger charge is 2.34. The first-order valence-corrected chi connectivity index (χ1v) is 9.75. The van der Waals surface area contributed by atoms with Crippen LogP contribution in [0.1, 0.15) is 43.2 Å². The van der Waals surface area contributed by atoms with E-state index in [1.165, 1.54) is 6.08 Å². The van der Waals surface area contributed by atoms with E-state index in [2.05, 4.69) is 9.88 Å². The Bertz CT molecular complexity index is 1030. The molecule has 1 aromatic heterocycles. The first-order valence-electron chi connectivity index (χ1n) is 9.75. The summed E-state index contributed by atoms with van der Waals surface area (Å²) in [4.78, 5) is 32.2. The number of carbonyl (C=O) groups is 2. The number of carbonyl (C=O) groups excluding carboxylic acids is 2. The van der Waals surface area contributed by atoms with Crippen LogP contribution in [0.25, 0.3) is 6.08 Å². The van der Waals surface area contributed by atoms with Crippen molar-refractivity contribution in [3.05, 3.63) is 63.7 Å². The van der Waals surface area contributed by atoms with E-state index in [4.69, 9.17) is 0 Å². The molecule has 5 nitrogen and oxygen atoms in total. The van der Waals surface area contributed by atoms with Gasteiger partial charge in [-0.1, -0.05) is 6.07 Å². The fraction of sp³-hybridized carbons (Fsp3) is 0.364. The van der Waals surface area contributed by atoms with Gasteiger partial charge in [-0.2, -0.15) is 13.2 Å². The first-order chi connectivity index (χ1) is 14.5. The van der Waals surface area contributed by atoms with Gasteiger partial charge in [-0.25, -0.2) is 4.39 Å². The molecule has 9 heteroatoms. The van der Waals surface area contributed by atoms with E-state index >= 15 is 0 Å². The van der Waals surface area contributed by atoms with Gasteiger partial charge in [0.2, 0.25) is 0 Å². The number of piperazine rings is 1. The van der Waals surface area contributed by atoms with Gasteiger partial charge in [-0.15, -0.1) is 0 Å². The van der Waals surface area contributed by atoms with Crippen LogP contribution < -0.4 is 0 Å². The third kappa shape index (κ3) is 4.87. The number of aromatic amines is 1. The van der Waals surface area contributed by atoms with Crippen LogP contribution in [0.4, 0.5) is 17.6 Å². The van der Waals surface area contributed by atoms with Crippen molar-refractivity contribution in [2.45, 2.75) is 20.0 Å². The maximum atomic E-state index is 13.7. The van der Waals surface area contributed by atoms with Crippen molar-refractivity contribution < 1.29 is 27.2 Å². The maximum Gasteiger partial charge on any atom is 0.419 e.